The Hall–Kier alpha value is -0.550. The third kappa shape index (κ3) is 0.696. The van der Waals surface area contributed by atoms with Crippen LogP contribution in [-0.2, 0) is 0 Å². The molecule has 8 heavy (non-hydrogen) atoms. The molecule has 2 heteroatoms. The van der Waals surface area contributed by atoms with E-state index in [-0.39, 0.29) is 0 Å². The van der Waals surface area contributed by atoms with Crippen LogP contribution in [0.3, 0.4) is 0 Å². The third-order valence-corrected chi connectivity index (χ3v) is 1.46. The van der Waals surface area contributed by atoms with Crippen LogP contribution < -0.4 is 5.73 Å². The highest BCUT2D eigenvalue weighted by Gasteiger charge is 2.39. The summed E-state index contributed by atoms with van der Waals surface area (Å²) in [6, 6.07) is 0. The number of terminal acetylenes is 1. The molecule has 1 fully saturated rings. The first-order valence-electron chi connectivity index (χ1n) is 2.57. The van der Waals surface area contributed by atoms with Gasteiger partial charge in [-0.25, -0.2) is 4.39 Å². The number of rotatable bonds is 0. The Morgan fingerprint density at radius 2 is 2.25 bits per heavy atom. The molecular weight excluding hydrogens is 105 g/mol. The summed E-state index contributed by atoms with van der Waals surface area (Å²) in [6.07, 6.45) is 4.91. The fourth-order valence-electron chi connectivity index (χ4n) is 0.849. The van der Waals surface area contributed by atoms with E-state index in [1.807, 2.05) is 0 Å². The van der Waals surface area contributed by atoms with Crippen LogP contribution in [0.25, 0.3) is 0 Å². The average Bonchev–Trinajstić information content (AvgIpc) is 1.63. The minimum atomic E-state index is -0.754. The summed E-state index contributed by atoms with van der Waals surface area (Å²) in [4.78, 5) is 0. The van der Waals surface area contributed by atoms with Crippen LogP contribution >= 0.6 is 0 Å². The number of nitrogens with two attached hydrogens (primary N) is 1. The van der Waals surface area contributed by atoms with Gasteiger partial charge in [0.2, 0.25) is 0 Å². The van der Waals surface area contributed by atoms with Crippen molar-refractivity contribution in [3.63, 3.8) is 0 Å². The van der Waals surface area contributed by atoms with Gasteiger partial charge in [0.15, 0.2) is 0 Å². The first kappa shape index (κ1) is 5.58. The first-order valence-corrected chi connectivity index (χ1v) is 2.57. The highest BCUT2D eigenvalue weighted by Crippen LogP contribution is 2.31. The highest BCUT2D eigenvalue weighted by molar-refractivity contribution is 5.18. The van der Waals surface area contributed by atoms with Crippen molar-refractivity contribution in [1.29, 1.82) is 0 Å². The quantitative estimate of drug-likeness (QED) is 0.453. The molecular formula is C6H8FN. The van der Waals surface area contributed by atoms with Gasteiger partial charge in [0.05, 0.1) is 5.54 Å². The summed E-state index contributed by atoms with van der Waals surface area (Å²) in [6.45, 7) is 0. The van der Waals surface area contributed by atoms with E-state index in [0.717, 1.165) is 0 Å². The van der Waals surface area contributed by atoms with Gasteiger partial charge in [0, 0.05) is 12.8 Å². The first-order chi connectivity index (χ1) is 3.66. The molecule has 0 unspecified atom stereocenters. The second kappa shape index (κ2) is 1.46. The van der Waals surface area contributed by atoms with Gasteiger partial charge in [-0.15, -0.1) is 6.42 Å². The van der Waals surface area contributed by atoms with Crippen molar-refractivity contribution < 1.29 is 4.39 Å². The molecule has 0 aromatic carbocycles. The monoisotopic (exact) mass is 113 g/mol. The lowest BCUT2D eigenvalue weighted by molar-refractivity contribution is 0.140. The predicted molar refractivity (Wildman–Crippen MR) is 29.9 cm³/mol. The zero-order valence-electron chi connectivity index (χ0n) is 4.52. The summed E-state index contributed by atoms with van der Waals surface area (Å²) in [5.74, 6) is 2.35. The zero-order chi connectivity index (χ0) is 6.20. The molecule has 0 heterocycles. The van der Waals surface area contributed by atoms with Crippen LogP contribution in [0.5, 0.6) is 0 Å². The molecule has 0 amide bonds. The minimum Gasteiger partial charge on any atom is -0.315 e. The average molecular weight is 113 g/mol. The second-order valence-corrected chi connectivity index (χ2v) is 2.31. The van der Waals surface area contributed by atoms with Crippen molar-refractivity contribution in [2.45, 2.75) is 24.6 Å². The van der Waals surface area contributed by atoms with Gasteiger partial charge in [-0.1, -0.05) is 5.92 Å². The van der Waals surface area contributed by atoms with Crippen molar-refractivity contribution in [2.24, 2.45) is 5.73 Å². The van der Waals surface area contributed by atoms with Crippen molar-refractivity contribution in [3.8, 4) is 12.3 Å². The lowest BCUT2D eigenvalue weighted by Gasteiger charge is -2.35. The number of hydrogen-bond acceptors (Lipinski definition) is 1. The minimum absolute atomic E-state index is 0.337. The lowest BCUT2D eigenvalue weighted by Crippen LogP contribution is -2.51. The van der Waals surface area contributed by atoms with E-state index in [0.29, 0.717) is 12.8 Å². The summed E-state index contributed by atoms with van der Waals surface area (Å²) >= 11 is 0. The summed E-state index contributed by atoms with van der Waals surface area (Å²) < 4.78 is 12.0. The van der Waals surface area contributed by atoms with Crippen LogP contribution in [0.2, 0.25) is 0 Å². The Balaban J connectivity index is 2.44. The van der Waals surface area contributed by atoms with E-state index < -0.39 is 11.7 Å². The molecule has 1 rings (SSSR count). The Bertz CT molecular complexity index is 130. The van der Waals surface area contributed by atoms with Gasteiger partial charge in [0.1, 0.15) is 6.17 Å². The molecule has 0 radical (unpaired) electrons. The Morgan fingerprint density at radius 1 is 1.75 bits per heavy atom. The van der Waals surface area contributed by atoms with E-state index in [2.05, 4.69) is 5.92 Å². The van der Waals surface area contributed by atoms with Gasteiger partial charge >= 0.3 is 0 Å². The molecule has 0 saturated heterocycles. The van der Waals surface area contributed by atoms with Crippen molar-refractivity contribution in [2.75, 3.05) is 0 Å². The molecule has 1 aliphatic carbocycles. The Kier molecular flexibility index (Phi) is 1.02. The molecule has 1 aliphatic rings. The van der Waals surface area contributed by atoms with Gasteiger partial charge < -0.3 is 5.73 Å². The standard InChI is InChI=1S/C6H8FN/c1-2-6(8)3-5(7)4-6/h1,5H,3-4,8H2. The lowest BCUT2D eigenvalue weighted by atomic mass is 9.77. The highest BCUT2D eigenvalue weighted by atomic mass is 19.1. The topological polar surface area (TPSA) is 26.0 Å². The number of alkyl halides is 1. The molecule has 1 saturated carbocycles. The van der Waals surface area contributed by atoms with Crippen molar-refractivity contribution >= 4 is 0 Å². The van der Waals surface area contributed by atoms with Crippen molar-refractivity contribution in [1.82, 2.24) is 0 Å². The van der Waals surface area contributed by atoms with E-state index in [4.69, 9.17) is 12.2 Å². The van der Waals surface area contributed by atoms with Crippen LogP contribution in [0.15, 0.2) is 0 Å². The zero-order valence-corrected chi connectivity index (χ0v) is 4.52. The maximum atomic E-state index is 12.0. The summed E-state index contributed by atoms with van der Waals surface area (Å²) in [7, 11) is 0. The molecule has 0 atom stereocenters. The van der Waals surface area contributed by atoms with Gasteiger partial charge in [-0.3, -0.25) is 0 Å². The van der Waals surface area contributed by atoms with E-state index in [1.165, 1.54) is 0 Å². The fourth-order valence-corrected chi connectivity index (χ4v) is 0.849. The molecule has 0 bridgehead atoms. The summed E-state index contributed by atoms with van der Waals surface area (Å²) in [5.41, 5.74) is 4.80. The maximum Gasteiger partial charge on any atom is 0.106 e. The van der Waals surface area contributed by atoms with E-state index in [1.54, 1.807) is 0 Å². The smallest absolute Gasteiger partial charge is 0.106 e. The van der Waals surface area contributed by atoms with Crippen LogP contribution in [0.4, 0.5) is 4.39 Å². The largest absolute Gasteiger partial charge is 0.315 e. The normalized spacial score (nSPS) is 44.9. The fraction of sp³-hybridized carbons (Fsp3) is 0.667. The van der Waals surface area contributed by atoms with Gasteiger partial charge in [0.25, 0.3) is 0 Å². The number of halogens is 1. The molecule has 1 nitrogen and oxygen atoms in total. The molecule has 0 aromatic heterocycles. The van der Waals surface area contributed by atoms with Gasteiger partial charge in [-0.05, 0) is 0 Å². The molecule has 44 valence electrons. The van der Waals surface area contributed by atoms with Crippen LogP contribution in [-0.4, -0.2) is 11.7 Å². The van der Waals surface area contributed by atoms with Gasteiger partial charge in [-0.2, -0.15) is 0 Å². The van der Waals surface area contributed by atoms with Crippen molar-refractivity contribution in [3.05, 3.63) is 0 Å². The molecule has 0 aliphatic heterocycles. The second-order valence-electron chi connectivity index (χ2n) is 2.31. The predicted octanol–water partition coefficient (Wildman–Crippen LogP) is 0.449. The SMILES string of the molecule is C#CC1(N)CC(F)C1. The molecule has 0 spiro atoms. The molecule has 0 aromatic rings. The van der Waals surface area contributed by atoms with Crippen LogP contribution in [0.1, 0.15) is 12.8 Å². The summed E-state index contributed by atoms with van der Waals surface area (Å²) in [5, 5.41) is 0. The Labute approximate surface area is 48.1 Å². The Morgan fingerprint density at radius 3 is 2.38 bits per heavy atom. The number of hydrogen-bond donors (Lipinski definition) is 1. The molecule has 2 N–H and O–H groups in total. The maximum absolute atomic E-state index is 12.0. The third-order valence-electron chi connectivity index (χ3n) is 1.46. The van der Waals surface area contributed by atoms with E-state index in [9.17, 15) is 4.39 Å². The van der Waals surface area contributed by atoms with E-state index >= 15 is 0 Å². The van der Waals surface area contributed by atoms with Crippen LogP contribution in [0, 0.1) is 12.3 Å².